The summed E-state index contributed by atoms with van der Waals surface area (Å²) in [4.78, 5) is 23.2. The third-order valence-corrected chi connectivity index (χ3v) is 2.26. The quantitative estimate of drug-likeness (QED) is 0.756. The van der Waals surface area contributed by atoms with Gasteiger partial charge in [-0.2, -0.15) is 0 Å². The summed E-state index contributed by atoms with van der Waals surface area (Å²) in [6.45, 7) is 3.37. The van der Waals surface area contributed by atoms with E-state index < -0.39 is 5.97 Å². The summed E-state index contributed by atoms with van der Waals surface area (Å²) in [6.07, 6.45) is 3.06. The Morgan fingerprint density at radius 2 is 1.93 bits per heavy atom. The lowest BCUT2D eigenvalue weighted by molar-refractivity contribution is 0.0695. The molecule has 0 saturated carbocycles. The van der Waals surface area contributed by atoms with Crippen molar-refractivity contribution < 1.29 is 9.90 Å². The van der Waals surface area contributed by atoms with E-state index >= 15 is 0 Å². The summed E-state index contributed by atoms with van der Waals surface area (Å²) in [5.74, 6) is -0.981. The van der Waals surface area contributed by atoms with Gasteiger partial charge in [-0.25, -0.2) is 14.8 Å². The minimum absolute atomic E-state index is 0.211. The van der Waals surface area contributed by atoms with Gasteiger partial charge in [-0.05, 0) is 19.4 Å². The summed E-state index contributed by atoms with van der Waals surface area (Å²) in [6, 6.07) is 0. The maximum absolute atomic E-state index is 11.0. The van der Waals surface area contributed by atoms with E-state index in [1.807, 2.05) is 0 Å². The number of pyridine rings is 1. The van der Waals surface area contributed by atoms with Crippen LogP contribution in [0.3, 0.4) is 0 Å². The predicted octanol–water partition coefficient (Wildman–Crippen LogP) is 1.34. The van der Waals surface area contributed by atoms with Crippen molar-refractivity contribution in [2.24, 2.45) is 0 Å². The Morgan fingerprint density at radius 3 is 2.60 bits per heavy atom. The van der Waals surface area contributed by atoms with Crippen LogP contribution in [0.2, 0.25) is 0 Å². The summed E-state index contributed by atoms with van der Waals surface area (Å²) in [5.41, 5.74) is 2.31. The molecular formula is C10H9N3O2. The summed E-state index contributed by atoms with van der Waals surface area (Å²) in [5, 5.41) is 9.02. The van der Waals surface area contributed by atoms with Crippen molar-refractivity contribution in [2.75, 3.05) is 0 Å². The first kappa shape index (κ1) is 9.51. The number of carbonyl (C=O) groups is 1. The average Bonchev–Trinajstić information content (AvgIpc) is 2.17. The van der Waals surface area contributed by atoms with E-state index in [-0.39, 0.29) is 5.56 Å². The number of aryl methyl sites for hydroxylation is 2. The average molecular weight is 203 g/mol. The number of carboxylic acids is 1. The van der Waals surface area contributed by atoms with Crippen molar-refractivity contribution in [1.82, 2.24) is 15.0 Å². The zero-order valence-corrected chi connectivity index (χ0v) is 8.35. The highest BCUT2D eigenvalue weighted by Gasteiger charge is 2.15. The van der Waals surface area contributed by atoms with Gasteiger partial charge in [0.1, 0.15) is 5.52 Å². The molecule has 5 heteroatoms. The fourth-order valence-electron chi connectivity index (χ4n) is 1.60. The molecule has 0 atom stereocenters. The molecule has 0 aromatic carbocycles. The highest BCUT2D eigenvalue weighted by atomic mass is 16.4. The minimum Gasteiger partial charge on any atom is -0.478 e. The Morgan fingerprint density at radius 1 is 1.27 bits per heavy atom. The van der Waals surface area contributed by atoms with Crippen LogP contribution in [-0.4, -0.2) is 26.0 Å². The number of rotatable bonds is 1. The van der Waals surface area contributed by atoms with Crippen LogP contribution in [0.4, 0.5) is 0 Å². The molecule has 2 aromatic rings. The fraction of sp³-hybridized carbons (Fsp3) is 0.200. The number of aromatic carboxylic acids is 1. The molecule has 1 N–H and O–H groups in total. The highest BCUT2D eigenvalue weighted by molar-refractivity contribution is 5.95. The molecule has 0 saturated heterocycles. The number of nitrogens with zero attached hydrogens (tertiary/aromatic N) is 3. The fourth-order valence-corrected chi connectivity index (χ4v) is 1.60. The van der Waals surface area contributed by atoms with Crippen LogP contribution in [0.15, 0.2) is 12.4 Å². The van der Waals surface area contributed by atoms with Crippen molar-refractivity contribution in [3.05, 3.63) is 29.2 Å². The first-order valence-corrected chi connectivity index (χ1v) is 4.42. The zero-order valence-electron chi connectivity index (χ0n) is 8.35. The second-order valence-electron chi connectivity index (χ2n) is 3.23. The normalized spacial score (nSPS) is 10.5. The van der Waals surface area contributed by atoms with Gasteiger partial charge >= 0.3 is 5.97 Å². The molecule has 0 unspecified atom stereocenters. The molecule has 0 spiro atoms. The third-order valence-electron chi connectivity index (χ3n) is 2.26. The maximum atomic E-state index is 11.0. The predicted molar refractivity (Wildman–Crippen MR) is 53.8 cm³/mol. The van der Waals surface area contributed by atoms with Crippen LogP contribution < -0.4 is 0 Å². The zero-order chi connectivity index (χ0) is 11.0. The molecule has 0 bridgehead atoms. The van der Waals surface area contributed by atoms with Gasteiger partial charge in [0.05, 0.1) is 11.3 Å². The molecule has 2 heterocycles. The Kier molecular flexibility index (Phi) is 2.07. The molecule has 0 amide bonds. The minimum atomic E-state index is -0.981. The van der Waals surface area contributed by atoms with E-state index in [9.17, 15) is 4.79 Å². The Bertz CT molecular complexity index is 552. The van der Waals surface area contributed by atoms with Gasteiger partial charge in [-0.3, -0.25) is 4.98 Å². The SMILES string of the molecule is Cc1nc2nccnc2c(C)c1C(=O)O. The topological polar surface area (TPSA) is 76.0 Å². The van der Waals surface area contributed by atoms with Gasteiger partial charge in [0.15, 0.2) is 5.65 Å². The van der Waals surface area contributed by atoms with E-state index in [1.165, 1.54) is 12.4 Å². The highest BCUT2D eigenvalue weighted by Crippen LogP contribution is 2.18. The third kappa shape index (κ3) is 1.41. The molecule has 0 fully saturated rings. The van der Waals surface area contributed by atoms with E-state index in [1.54, 1.807) is 13.8 Å². The molecule has 2 aromatic heterocycles. The van der Waals surface area contributed by atoms with E-state index in [2.05, 4.69) is 15.0 Å². The number of hydrogen-bond donors (Lipinski definition) is 1. The smallest absolute Gasteiger partial charge is 0.337 e. The van der Waals surface area contributed by atoms with Crippen molar-refractivity contribution in [3.8, 4) is 0 Å². The molecule has 0 aliphatic heterocycles. The number of carboxylic acid groups (broad SMARTS) is 1. The lowest BCUT2D eigenvalue weighted by Crippen LogP contribution is -2.07. The molecule has 5 nitrogen and oxygen atoms in total. The lowest BCUT2D eigenvalue weighted by Gasteiger charge is -2.06. The van der Waals surface area contributed by atoms with Crippen molar-refractivity contribution >= 4 is 17.1 Å². The van der Waals surface area contributed by atoms with E-state index in [4.69, 9.17) is 5.11 Å². The maximum Gasteiger partial charge on any atom is 0.337 e. The summed E-state index contributed by atoms with van der Waals surface area (Å²) < 4.78 is 0. The molecular weight excluding hydrogens is 194 g/mol. The molecule has 76 valence electrons. The molecule has 0 aliphatic rings. The van der Waals surface area contributed by atoms with Crippen LogP contribution in [0.1, 0.15) is 21.6 Å². The van der Waals surface area contributed by atoms with Crippen molar-refractivity contribution in [1.29, 1.82) is 0 Å². The summed E-state index contributed by atoms with van der Waals surface area (Å²) in [7, 11) is 0. The van der Waals surface area contributed by atoms with Gasteiger partial charge in [-0.15, -0.1) is 0 Å². The van der Waals surface area contributed by atoms with Crippen LogP contribution in [-0.2, 0) is 0 Å². The Hall–Kier alpha value is -2.04. The van der Waals surface area contributed by atoms with Gasteiger partial charge in [0, 0.05) is 12.4 Å². The van der Waals surface area contributed by atoms with Crippen LogP contribution in [0.25, 0.3) is 11.2 Å². The molecule has 15 heavy (non-hydrogen) atoms. The van der Waals surface area contributed by atoms with E-state index in [0.717, 1.165) is 0 Å². The number of hydrogen-bond acceptors (Lipinski definition) is 4. The van der Waals surface area contributed by atoms with Gasteiger partial charge in [0.2, 0.25) is 0 Å². The molecule has 0 aliphatic carbocycles. The number of aromatic nitrogens is 3. The molecule has 0 radical (unpaired) electrons. The summed E-state index contributed by atoms with van der Waals surface area (Å²) >= 11 is 0. The van der Waals surface area contributed by atoms with Crippen molar-refractivity contribution in [3.63, 3.8) is 0 Å². The van der Waals surface area contributed by atoms with Crippen LogP contribution in [0.5, 0.6) is 0 Å². The van der Waals surface area contributed by atoms with Crippen molar-refractivity contribution in [2.45, 2.75) is 13.8 Å². The largest absolute Gasteiger partial charge is 0.478 e. The first-order valence-electron chi connectivity index (χ1n) is 4.42. The van der Waals surface area contributed by atoms with Crippen LogP contribution in [0, 0.1) is 13.8 Å². The van der Waals surface area contributed by atoms with Gasteiger partial charge in [-0.1, -0.05) is 0 Å². The Balaban J connectivity index is 2.90. The first-order chi connectivity index (χ1) is 7.11. The lowest BCUT2D eigenvalue weighted by atomic mass is 10.1. The van der Waals surface area contributed by atoms with Crippen LogP contribution >= 0.6 is 0 Å². The second-order valence-corrected chi connectivity index (χ2v) is 3.23. The monoisotopic (exact) mass is 203 g/mol. The number of fused-ring (bicyclic) bond motifs is 1. The standard InChI is InChI=1S/C10H9N3O2/c1-5-7(10(14)15)6(2)13-9-8(5)11-3-4-12-9/h3-4H,1-2H3,(H,14,15). The Labute approximate surface area is 85.8 Å². The molecule has 2 rings (SSSR count). The van der Waals surface area contributed by atoms with E-state index in [0.29, 0.717) is 22.4 Å². The second kappa shape index (κ2) is 3.27. The van der Waals surface area contributed by atoms with Gasteiger partial charge in [0.25, 0.3) is 0 Å². The van der Waals surface area contributed by atoms with Gasteiger partial charge < -0.3 is 5.11 Å².